The number of nitrogens with zero attached hydrogens (tertiary/aromatic N) is 3. The van der Waals surface area contributed by atoms with Gasteiger partial charge in [0.25, 0.3) is 5.91 Å². The molecule has 1 N–H and O–H groups in total. The number of carbonyl (C=O) groups is 1. The summed E-state index contributed by atoms with van der Waals surface area (Å²) in [7, 11) is 0. The zero-order chi connectivity index (χ0) is 21.8. The topological polar surface area (TPSA) is 76.9 Å². The van der Waals surface area contributed by atoms with E-state index in [2.05, 4.69) is 27.1 Å². The van der Waals surface area contributed by atoms with Crippen molar-refractivity contribution in [2.75, 3.05) is 0 Å². The van der Waals surface area contributed by atoms with Gasteiger partial charge in [0.05, 0.1) is 5.39 Å². The van der Waals surface area contributed by atoms with Crippen molar-refractivity contribution in [1.29, 1.82) is 0 Å². The Balaban J connectivity index is 1.85. The Morgan fingerprint density at radius 1 is 1.00 bits per heavy atom. The van der Waals surface area contributed by atoms with E-state index in [4.69, 9.17) is 0 Å². The van der Waals surface area contributed by atoms with E-state index in [0.717, 1.165) is 16.8 Å². The summed E-state index contributed by atoms with van der Waals surface area (Å²) in [5.41, 5.74) is 2.62. The number of amides is 1. The molecule has 31 heavy (non-hydrogen) atoms. The first-order valence-corrected chi connectivity index (χ1v) is 9.86. The molecule has 0 aliphatic carbocycles. The monoisotopic (exact) mass is 408 g/mol. The molecule has 1 aromatic carbocycles. The normalized spacial score (nSPS) is 10.5. The molecule has 0 atom stereocenters. The Bertz CT molecular complexity index is 1380. The van der Waals surface area contributed by atoms with Crippen molar-refractivity contribution in [3.8, 4) is 17.5 Å². The smallest absolute Gasteiger partial charge is 0.256 e. The van der Waals surface area contributed by atoms with Crippen LogP contribution in [0.1, 0.15) is 35.3 Å². The first-order chi connectivity index (χ1) is 15.0. The van der Waals surface area contributed by atoms with Crippen LogP contribution < -0.4 is 10.7 Å². The highest BCUT2D eigenvalue weighted by Crippen LogP contribution is 2.17. The molecule has 0 fully saturated rings. The molecule has 152 valence electrons. The molecule has 0 aliphatic heterocycles. The minimum atomic E-state index is -0.409. The molecule has 6 nitrogen and oxygen atoms in total. The Morgan fingerprint density at radius 3 is 2.55 bits per heavy atom. The van der Waals surface area contributed by atoms with E-state index < -0.39 is 5.91 Å². The van der Waals surface area contributed by atoms with E-state index >= 15 is 0 Å². The van der Waals surface area contributed by atoms with Gasteiger partial charge < -0.3 is 9.88 Å². The summed E-state index contributed by atoms with van der Waals surface area (Å²) in [6.45, 7) is 3.70. The number of rotatable bonds is 3. The van der Waals surface area contributed by atoms with Crippen molar-refractivity contribution in [3.63, 3.8) is 0 Å². The summed E-state index contributed by atoms with van der Waals surface area (Å²) >= 11 is 0. The molecule has 0 aliphatic rings. The number of carbonyl (C=O) groups excluding carboxylic acids is 1. The third-order valence-corrected chi connectivity index (χ3v) is 4.58. The fourth-order valence-corrected chi connectivity index (χ4v) is 3.17. The molecule has 0 bridgehead atoms. The van der Waals surface area contributed by atoms with Gasteiger partial charge in [-0.25, -0.2) is 4.98 Å². The lowest BCUT2D eigenvalue weighted by Crippen LogP contribution is -2.34. The third kappa shape index (κ3) is 4.36. The summed E-state index contributed by atoms with van der Waals surface area (Å²) in [6.07, 6.45) is 6.56. The van der Waals surface area contributed by atoms with Crippen molar-refractivity contribution in [2.24, 2.45) is 0 Å². The summed E-state index contributed by atoms with van der Waals surface area (Å²) in [5, 5.41) is 3.17. The van der Waals surface area contributed by atoms with Gasteiger partial charge in [-0.3, -0.25) is 14.6 Å². The molecule has 0 unspecified atom stereocenters. The molecule has 0 saturated heterocycles. The number of benzene rings is 1. The van der Waals surface area contributed by atoms with Crippen LogP contribution in [-0.2, 0) is 0 Å². The van der Waals surface area contributed by atoms with E-state index in [0.29, 0.717) is 11.0 Å². The predicted molar refractivity (Wildman–Crippen MR) is 120 cm³/mol. The van der Waals surface area contributed by atoms with Gasteiger partial charge in [-0.15, -0.1) is 0 Å². The van der Waals surface area contributed by atoms with Gasteiger partial charge in [0.2, 0.25) is 5.43 Å². The Morgan fingerprint density at radius 2 is 1.77 bits per heavy atom. The number of fused-ring (bicyclic) bond motifs is 1. The lowest BCUT2D eigenvalue weighted by molar-refractivity contribution is 0.0941. The second kappa shape index (κ2) is 8.64. The van der Waals surface area contributed by atoms with Crippen LogP contribution in [0.25, 0.3) is 16.7 Å². The van der Waals surface area contributed by atoms with Gasteiger partial charge in [0.15, 0.2) is 0 Å². The van der Waals surface area contributed by atoms with Crippen LogP contribution in [0.15, 0.2) is 78.1 Å². The second-order valence-electron chi connectivity index (χ2n) is 7.28. The van der Waals surface area contributed by atoms with Crippen molar-refractivity contribution in [3.05, 3.63) is 100 Å². The van der Waals surface area contributed by atoms with Crippen LogP contribution >= 0.6 is 0 Å². The number of hydrogen-bond acceptors (Lipinski definition) is 4. The number of pyridine rings is 3. The van der Waals surface area contributed by atoms with Gasteiger partial charge in [0.1, 0.15) is 11.2 Å². The molecule has 0 radical (unpaired) electrons. The number of aromatic nitrogens is 3. The van der Waals surface area contributed by atoms with E-state index in [1.54, 1.807) is 41.5 Å². The average Bonchev–Trinajstić information content (AvgIpc) is 2.78. The largest absolute Gasteiger partial charge is 0.350 e. The van der Waals surface area contributed by atoms with Gasteiger partial charge in [-0.1, -0.05) is 17.9 Å². The van der Waals surface area contributed by atoms with Crippen LogP contribution in [0.4, 0.5) is 0 Å². The van der Waals surface area contributed by atoms with E-state index in [1.165, 1.54) is 0 Å². The van der Waals surface area contributed by atoms with Crippen LogP contribution in [0.5, 0.6) is 0 Å². The van der Waals surface area contributed by atoms with Gasteiger partial charge in [-0.2, -0.15) is 0 Å². The Kier molecular flexibility index (Phi) is 5.59. The molecular formula is C25H20N4O2. The number of nitrogens with one attached hydrogen (secondary N) is 1. The molecule has 4 rings (SSSR count). The standard InChI is InChI=1S/C25H20N4O2/c1-17(2)28-25(31)22-16-29(24-21(23(22)30)7-4-12-27-24)20-6-3-5-19(15-20)9-8-18-10-13-26-14-11-18/h3-7,10-17H,1-2H3,(H,28,31). The summed E-state index contributed by atoms with van der Waals surface area (Å²) in [4.78, 5) is 34.0. The molecule has 0 saturated carbocycles. The van der Waals surface area contributed by atoms with Crippen LogP contribution in [0, 0.1) is 11.8 Å². The van der Waals surface area contributed by atoms with E-state index in [1.807, 2.05) is 50.2 Å². The highest BCUT2D eigenvalue weighted by Gasteiger charge is 2.17. The summed E-state index contributed by atoms with van der Waals surface area (Å²) < 4.78 is 1.75. The van der Waals surface area contributed by atoms with Crippen molar-refractivity contribution in [2.45, 2.75) is 19.9 Å². The maximum Gasteiger partial charge on any atom is 0.256 e. The molecule has 0 spiro atoms. The first-order valence-electron chi connectivity index (χ1n) is 9.86. The van der Waals surface area contributed by atoms with Gasteiger partial charge in [0, 0.05) is 47.6 Å². The third-order valence-electron chi connectivity index (χ3n) is 4.58. The molecule has 1 amide bonds. The van der Waals surface area contributed by atoms with Crippen LogP contribution in [0.2, 0.25) is 0 Å². The molecule has 3 aromatic heterocycles. The van der Waals surface area contributed by atoms with E-state index in [-0.39, 0.29) is 17.0 Å². The number of hydrogen-bond donors (Lipinski definition) is 1. The van der Waals surface area contributed by atoms with Crippen molar-refractivity contribution >= 4 is 16.9 Å². The second-order valence-corrected chi connectivity index (χ2v) is 7.28. The van der Waals surface area contributed by atoms with Crippen LogP contribution in [-0.4, -0.2) is 26.5 Å². The molecule has 4 aromatic rings. The maximum atomic E-state index is 12.9. The fraction of sp³-hybridized carbons (Fsp3) is 0.120. The minimum absolute atomic E-state index is 0.0717. The molecule has 3 heterocycles. The minimum Gasteiger partial charge on any atom is -0.350 e. The van der Waals surface area contributed by atoms with E-state index in [9.17, 15) is 9.59 Å². The molecule has 6 heteroatoms. The quantitative estimate of drug-likeness (QED) is 0.528. The lowest BCUT2D eigenvalue weighted by atomic mass is 10.1. The van der Waals surface area contributed by atoms with Gasteiger partial charge in [-0.05, 0) is 56.3 Å². The maximum absolute atomic E-state index is 12.9. The zero-order valence-electron chi connectivity index (χ0n) is 17.2. The first kappa shape index (κ1) is 20.0. The van der Waals surface area contributed by atoms with Crippen molar-refractivity contribution in [1.82, 2.24) is 19.9 Å². The Labute approximate surface area is 179 Å². The van der Waals surface area contributed by atoms with Crippen molar-refractivity contribution < 1.29 is 4.79 Å². The lowest BCUT2D eigenvalue weighted by Gasteiger charge is -2.14. The van der Waals surface area contributed by atoms with Gasteiger partial charge >= 0.3 is 0 Å². The summed E-state index contributed by atoms with van der Waals surface area (Å²) in [6, 6.07) is 14.5. The zero-order valence-corrected chi connectivity index (χ0v) is 17.2. The predicted octanol–water partition coefficient (Wildman–Crippen LogP) is 3.32. The highest BCUT2D eigenvalue weighted by molar-refractivity contribution is 5.97. The van der Waals surface area contributed by atoms with Crippen LogP contribution in [0.3, 0.4) is 0 Å². The highest BCUT2D eigenvalue weighted by atomic mass is 16.2. The SMILES string of the molecule is CC(C)NC(=O)c1cn(-c2cccc(C#Cc3ccncc3)c2)c2ncccc2c1=O. The molecular weight excluding hydrogens is 388 g/mol. The summed E-state index contributed by atoms with van der Waals surface area (Å²) in [5.74, 6) is 5.84. The fourth-order valence-electron chi connectivity index (χ4n) is 3.17. The average molecular weight is 408 g/mol. The Hall–Kier alpha value is -4.24.